The van der Waals surface area contributed by atoms with Gasteiger partial charge >= 0.3 is 5.97 Å². The van der Waals surface area contributed by atoms with Crippen molar-refractivity contribution in [2.24, 2.45) is 0 Å². The van der Waals surface area contributed by atoms with Gasteiger partial charge in [0, 0.05) is 16.5 Å². The molecule has 15 heavy (non-hydrogen) atoms. The average molecular weight is 269 g/mol. The lowest BCUT2D eigenvalue weighted by Crippen LogP contribution is -2.11. The van der Waals surface area contributed by atoms with Crippen molar-refractivity contribution >= 4 is 27.7 Å². The number of ketones is 1. The predicted molar refractivity (Wildman–Crippen MR) is 57.8 cm³/mol. The second kappa shape index (κ2) is 3.77. The van der Waals surface area contributed by atoms with Crippen LogP contribution in [0.2, 0.25) is 0 Å². The van der Waals surface area contributed by atoms with Crippen LogP contribution in [0.25, 0.3) is 0 Å². The summed E-state index contributed by atoms with van der Waals surface area (Å²) in [6.45, 7) is 0. The van der Waals surface area contributed by atoms with Gasteiger partial charge in [-0.1, -0.05) is 22.0 Å². The summed E-state index contributed by atoms with van der Waals surface area (Å²) in [6, 6.07) is 5.37. The van der Waals surface area contributed by atoms with E-state index in [0.717, 1.165) is 10.0 Å². The summed E-state index contributed by atoms with van der Waals surface area (Å²) < 4.78 is 5.51. The van der Waals surface area contributed by atoms with Gasteiger partial charge in [0.1, 0.15) is 0 Å². The van der Waals surface area contributed by atoms with E-state index in [0.29, 0.717) is 5.56 Å². The Hall–Kier alpha value is -1.16. The normalized spacial score (nSPS) is 18.8. The quantitative estimate of drug-likeness (QED) is 0.735. The second-order valence-electron chi connectivity index (χ2n) is 3.43. The Bertz CT molecular complexity index is 439. The first-order chi connectivity index (χ1) is 7.13. The standard InChI is InChI=1S/C11H9BrO3/c1-15-11(14)9-5-10(13)8-4-6(12)2-3-7(8)9/h2-4,9H,5H2,1H3. The predicted octanol–water partition coefficient (Wildman–Crippen LogP) is 2.29. The summed E-state index contributed by atoms with van der Waals surface area (Å²) in [6.07, 6.45) is 0.221. The van der Waals surface area contributed by atoms with Gasteiger partial charge in [-0.3, -0.25) is 9.59 Å². The van der Waals surface area contributed by atoms with Crippen molar-refractivity contribution in [3.05, 3.63) is 33.8 Å². The Morgan fingerprint density at radius 3 is 2.93 bits per heavy atom. The maximum Gasteiger partial charge on any atom is 0.313 e. The van der Waals surface area contributed by atoms with Crippen LogP contribution in [-0.2, 0) is 9.53 Å². The van der Waals surface area contributed by atoms with Crippen LogP contribution in [0.15, 0.2) is 22.7 Å². The van der Waals surface area contributed by atoms with Crippen LogP contribution in [0, 0.1) is 0 Å². The number of rotatable bonds is 1. The molecule has 0 N–H and O–H groups in total. The number of benzene rings is 1. The lowest BCUT2D eigenvalue weighted by atomic mass is 10.0. The minimum atomic E-state index is -0.425. The molecule has 0 saturated heterocycles. The number of carbonyl (C=O) groups excluding carboxylic acids is 2. The van der Waals surface area contributed by atoms with Crippen molar-refractivity contribution in [2.75, 3.05) is 7.11 Å². The van der Waals surface area contributed by atoms with E-state index in [4.69, 9.17) is 0 Å². The molecule has 78 valence electrons. The van der Waals surface area contributed by atoms with Gasteiger partial charge in [0.2, 0.25) is 0 Å². The van der Waals surface area contributed by atoms with Crippen LogP contribution in [0.5, 0.6) is 0 Å². The highest BCUT2D eigenvalue weighted by molar-refractivity contribution is 9.10. The second-order valence-corrected chi connectivity index (χ2v) is 4.35. The molecule has 1 aliphatic carbocycles. The SMILES string of the molecule is COC(=O)C1CC(=O)c2cc(Br)ccc21. The molecule has 1 aromatic rings. The molecule has 1 atom stereocenters. The molecule has 0 aromatic heterocycles. The van der Waals surface area contributed by atoms with Crippen molar-refractivity contribution in [1.29, 1.82) is 0 Å². The molecule has 0 amide bonds. The smallest absolute Gasteiger partial charge is 0.313 e. The molecule has 0 fully saturated rings. The molecule has 0 saturated carbocycles. The van der Waals surface area contributed by atoms with Gasteiger partial charge in [-0.2, -0.15) is 0 Å². The largest absolute Gasteiger partial charge is 0.469 e. The van der Waals surface area contributed by atoms with Crippen molar-refractivity contribution in [2.45, 2.75) is 12.3 Å². The molecular weight excluding hydrogens is 260 g/mol. The number of hydrogen-bond acceptors (Lipinski definition) is 3. The third-order valence-corrected chi connectivity index (χ3v) is 3.06. The Morgan fingerprint density at radius 1 is 1.53 bits per heavy atom. The lowest BCUT2D eigenvalue weighted by Gasteiger charge is -2.07. The van der Waals surface area contributed by atoms with Crippen LogP contribution in [0.3, 0.4) is 0 Å². The van der Waals surface area contributed by atoms with Gasteiger partial charge in [-0.15, -0.1) is 0 Å². The molecule has 1 unspecified atom stereocenters. The number of esters is 1. The van der Waals surface area contributed by atoms with Gasteiger partial charge in [-0.25, -0.2) is 0 Å². The topological polar surface area (TPSA) is 43.4 Å². The van der Waals surface area contributed by atoms with Gasteiger partial charge in [-0.05, 0) is 17.7 Å². The van der Waals surface area contributed by atoms with Crippen molar-refractivity contribution < 1.29 is 14.3 Å². The maximum absolute atomic E-state index is 11.6. The molecule has 0 heterocycles. The Kier molecular flexibility index (Phi) is 2.61. The third kappa shape index (κ3) is 1.69. The van der Waals surface area contributed by atoms with Gasteiger partial charge in [0.15, 0.2) is 5.78 Å². The zero-order valence-corrected chi connectivity index (χ0v) is 9.71. The highest BCUT2D eigenvalue weighted by Gasteiger charge is 2.34. The number of fused-ring (bicyclic) bond motifs is 1. The van der Waals surface area contributed by atoms with E-state index >= 15 is 0 Å². The van der Waals surface area contributed by atoms with Crippen LogP contribution in [0.4, 0.5) is 0 Å². The Labute approximate surface area is 95.6 Å². The molecule has 0 bridgehead atoms. The summed E-state index contributed by atoms with van der Waals surface area (Å²) in [7, 11) is 1.34. The number of ether oxygens (including phenoxy) is 1. The summed E-state index contributed by atoms with van der Waals surface area (Å²) in [5.41, 5.74) is 1.40. The fourth-order valence-electron chi connectivity index (χ4n) is 1.83. The maximum atomic E-state index is 11.6. The van der Waals surface area contributed by atoms with Crippen LogP contribution < -0.4 is 0 Å². The molecule has 1 aliphatic rings. The van der Waals surface area contributed by atoms with Crippen LogP contribution in [-0.4, -0.2) is 18.9 Å². The number of methoxy groups -OCH3 is 1. The Morgan fingerprint density at radius 2 is 2.27 bits per heavy atom. The van der Waals surface area contributed by atoms with Gasteiger partial charge < -0.3 is 4.74 Å². The van der Waals surface area contributed by atoms with E-state index in [1.807, 2.05) is 6.07 Å². The number of Topliss-reactive ketones (excluding diaryl/α,β-unsaturated/α-hetero) is 1. The molecule has 3 nitrogen and oxygen atoms in total. The van der Waals surface area contributed by atoms with Crippen molar-refractivity contribution in [3.8, 4) is 0 Å². The summed E-state index contributed by atoms with van der Waals surface area (Å²) >= 11 is 3.30. The van der Waals surface area contributed by atoms with Gasteiger partial charge in [0.25, 0.3) is 0 Å². The van der Waals surface area contributed by atoms with E-state index < -0.39 is 5.92 Å². The highest BCUT2D eigenvalue weighted by Crippen LogP contribution is 2.35. The fraction of sp³-hybridized carbons (Fsp3) is 0.273. The van der Waals surface area contributed by atoms with Crippen LogP contribution in [0.1, 0.15) is 28.3 Å². The first-order valence-corrected chi connectivity index (χ1v) is 5.33. The number of hydrogen-bond donors (Lipinski definition) is 0. The monoisotopic (exact) mass is 268 g/mol. The van der Waals surface area contributed by atoms with E-state index in [1.165, 1.54) is 7.11 Å². The average Bonchev–Trinajstić information content (AvgIpc) is 2.55. The first-order valence-electron chi connectivity index (χ1n) is 4.54. The summed E-state index contributed by atoms with van der Waals surface area (Å²) in [5.74, 6) is -0.767. The highest BCUT2D eigenvalue weighted by atomic mass is 79.9. The molecular formula is C11H9BrO3. The number of halogens is 1. The van der Waals surface area contributed by atoms with Gasteiger partial charge in [0.05, 0.1) is 13.0 Å². The summed E-state index contributed by atoms with van der Waals surface area (Å²) in [4.78, 5) is 23.0. The Balaban J connectivity index is 2.47. The minimum Gasteiger partial charge on any atom is -0.469 e. The zero-order valence-electron chi connectivity index (χ0n) is 8.12. The lowest BCUT2D eigenvalue weighted by molar-refractivity contribution is -0.142. The third-order valence-electron chi connectivity index (χ3n) is 2.57. The first kappa shape index (κ1) is 10.4. The van der Waals surface area contributed by atoms with E-state index in [2.05, 4.69) is 20.7 Å². The molecule has 4 heteroatoms. The molecule has 0 radical (unpaired) electrons. The molecule has 0 spiro atoms. The number of carbonyl (C=O) groups is 2. The summed E-state index contributed by atoms with van der Waals surface area (Å²) in [5, 5.41) is 0. The molecule has 0 aliphatic heterocycles. The van der Waals surface area contributed by atoms with Crippen LogP contribution >= 0.6 is 15.9 Å². The van der Waals surface area contributed by atoms with E-state index in [-0.39, 0.29) is 18.2 Å². The molecule has 2 rings (SSSR count). The minimum absolute atomic E-state index is 0.00157. The zero-order chi connectivity index (χ0) is 11.0. The van der Waals surface area contributed by atoms with E-state index in [1.54, 1.807) is 12.1 Å². The molecule has 1 aromatic carbocycles. The van der Waals surface area contributed by atoms with E-state index in [9.17, 15) is 9.59 Å². The fourth-order valence-corrected chi connectivity index (χ4v) is 2.19. The van der Waals surface area contributed by atoms with Crippen molar-refractivity contribution in [1.82, 2.24) is 0 Å². The van der Waals surface area contributed by atoms with Crippen molar-refractivity contribution in [3.63, 3.8) is 0 Å².